The van der Waals surface area contributed by atoms with E-state index in [-0.39, 0.29) is 5.69 Å². The van der Waals surface area contributed by atoms with Crippen LogP contribution in [0.1, 0.15) is 33.6 Å². The summed E-state index contributed by atoms with van der Waals surface area (Å²) in [5, 5.41) is 3.18. The van der Waals surface area contributed by atoms with Crippen LogP contribution in [-0.2, 0) is 19.0 Å². The topological polar surface area (TPSA) is 42.0 Å². The number of pyridine rings is 1. The highest BCUT2D eigenvalue weighted by molar-refractivity contribution is 6.32. The molecular weight excluding hydrogens is 412 g/mol. The molecule has 1 N–H and O–H groups in total. The van der Waals surface area contributed by atoms with E-state index >= 15 is 0 Å². The molecule has 1 amide bonds. The zero-order chi connectivity index (χ0) is 20.1. The van der Waals surface area contributed by atoms with Gasteiger partial charge in [-0.15, -0.1) is 0 Å². The van der Waals surface area contributed by atoms with Gasteiger partial charge in [0.05, 0.1) is 21.7 Å². The molecule has 0 saturated heterocycles. The largest absolute Gasteiger partial charge is 0.417 e. The highest BCUT2D eigenvalue weighted by Crippen LogP contribution is 2.37. The highest BCUT2D eigenvalue weighted by atomic mass is 35.5. The minimum atomic E-state index is -4.62. The SMILES string of the molecule is O=C(Nc1ccc(Cl)c(C(F)(F)F)c1)c1c2c(nc3ccc(Cl)cc13)CCC2. The molecule has 1 aromatic heterocycles. The van der Waals surface area contributed by atoms with Crippen LogP contribution in [-0.4, -0.2) is 10.9 Å². The van der Waals surface area contributed by atoms with Crippen LogP contribution in [0.4, 0.5) is 18.9 Å². The Labute approximate surface area is 168 Å². The Balaban J connectivity index is 1.79. The molecule has 1 aliphatic carbocycles. The molecule has 28 heavy (non-hydrogen) atoms. The predicted molar refractivity (Wildman–Crippen MR) is 103 cm³/mol. The van der Waals surface area contributed by atoms with Gasteiger partial charge in [0.2, 0.25) is 0 Å². The van der Waals surface area contributed by atoms with E-state index in [1.807, 2.05) is 0 Å². The fourth-order valence-corrected chi connectivity index (χ4v) is 3.90. The van der Waals surface area contributed by atoms with Crippen LogP contribution < -0.4 is 5.32 Å². The number of aromatic nitrogens is 1. The first kappa shape index (κ1) is 19.0. The second-order valence-corrected chi connectivity index (χ2v) is 7.42. The molecular formula is C20H13Cl2F3N2O. The Bertz CT molecular complexity index is 1110. The minimum absolute atomic E-state index is 0.0143. The normalized spacial score (nSPS) is 13.6. The summed E-state index contributed by atoms with van der Waals surface area (Å²) in [4.78, 5) is 17.6. The number of alkyl halides is 3. The van der Waals surface area contributed by atoms with Crippen LogP contribution in [0.5, 0.6) is 0 Å². The van der Waals surface area contributed by atoms with E-state index in [9.17, 15) is 18.0 Å². The van der Waals surface area contributed by atoms with E-state index in [4.69, 9.17) is 23.2 Å². The Morgan fingerprint density at radius 3 is 2.61 bits per heavy atom. The summed E-state index contributed by atoms with van der Waals surface area (Å²) >= 11 is 11.7. The number of hydrogen-bond donors (Lipinski definition) is 1. The number of amides is 1. The summed E-state index contributed by atoms with van der Waals surface area (Å²) in [7, 11) is 0. The molecule has 0 unspecified atom stereocenters. The van der Waals surface area contributed by atoms with E-state index in [1.54, 1.807) is 18.2 Å². The molecule has 0 radical (unpaired) electrons. The Kier molecular flexibility index (Phi) is 4.71. The van der Waals surface area contributed by atoms with Gasteiger partial charge in [-0.05, 0) is 61.2 Å². The van der Waals surface area contributed by atoms with E-state index < -0.39 is 22.7 Å². The number of aryl methyl sites for hydroxylation is 1. The molecule has 4 rings (SSSR count). The van der Waals surface area contributed by atoms with Crippen molar-refractivity contribution in [2.45, 2.75) is 25.4 Å². The van der Waals surface area contributed by atoms with Crippen LogP contribution in [0.15, 0.2) is 36.4 Å². The molecule has 1 aliphatic rings. The number of carbonyl (C=O) groups excluding carboxylic acids is 1. The quantitative estimate of drug-likeness (QED) is 0.524. The lowest BCUT2D eigenvalue weighted by atomic mass is 10.0. The van der Waals surface area contributed by atoms with E-state index in [2.05, 4.69) is 10.3 Å². The van der Waals surface area contributed by atoms with Crippen LogP contribution in [0.3, 0.4) is 0 Å². The van der Waals surface area contributed by atoms with Crippen LogP contribution in [0, 0.1) is 0 Å². The van der Waals surface area contributed by atoms with Crippen molar-refractivity contribution in [3.05, 3.63) is 68.8 Å². The Morgan fingerprint density at radius 1 is 1.07 bits per heavy atom. The summed E-state index contributed by atoms with van der Waals surface area (Å²) < 4.78 is 39.3. The molecule has 1 heterocycles. The molecule has 2 aromatic carbocycles. The van der Waals surface area contributed by atoms with Gasteiger partial charge in [0.1, 0.15) is 0 Å². The van der Waals surface area contributed by atoms with Gasteiger partial charge in [0.15, 0.2) is 0 Å². The number of benzene rings is 2. The van der Waals surface area contributed by atoms with Gasteiger partial charge in [0.25, 0.3) is 5.91 Å². The molecule has 0 saturated carbocycles. The van der Waals surface area contributed by atoms with Gasteiger partial charge in [-0.1, -0.05) is 23.2 Å². The van der Waals surface area contributed by atoms with E-state index in [0.717, 1.165) is 36.2 Å². The van der Waals surface area contributed by atoms with Crippen LogP contribution in [0.25, 0.3) is 10.9 Å². The summed E-state index contributed by atoms with van der Waals surface area (Å²) in [6.07, 6.45) is -2.31. The molecule has 3 aromatic rings. The van der Waals surface area contributed by atoms with Crippen molar-refractivity contribution in [2.24, 2.45) is 0 Å². The molecule has 0 aliphatic heterocycles. The number of halogens is 5. The highest BCUT2D eigenvalue weighted by Gasteiger charge is 2.33. The van der Waals surface area contributed by atoms with Crippen molar-refractivity contribution in [2.75, 3.05) is 5.32 Å². The zero-order valence-corrected chi connectivity index (χ0v) is 15.8. The number of hydrogen-bond acceptors (Lipinski definition) is 2. The first-order chi connectivity index (χ1) is 13.2. The number of fused-ring (bicyclic) bond motifs is 2. The molecule has 0 bridgehead atoms. The number of nitrogens with zero attached hydrogens (tertiary/aromatic N) is 1. The van der Waals surface area contributed by atoms with Crippen molar-refractivity contribution in [3.8, 4) is 0 Å². The van der Waals surface area contributed by atoms with Gasteiger partial charge in [-0.25, -0.2) is 0 Å². The van der Waals surface area contributed by atoms with Crippen molar-refractivity contribution in [3.63, 3.8) is 0 Å². The van der Waals surface area contributed by atoms with Crippen molar-refractivity contribution in [1.29, 1.82) is 0 Å². The minimum Gasteiger partial charge on any atom is -0.322 e. The second-order valence-electron chi connectivity index (χ2n) is 6.57. The Morgan fingerprint density at radius 2 is 1.86 bits per heavy atom. The fourth-order valence-electron chi connectivity index (χ4n) is 3.51. The summed E-state index contributed by atoms with van der Waals surface area (Å²) in [5.74, 6) is -0.497. The lowest BCUT2D eigenvalue weighted by molar-refractivity contribution is -0.137. The monoisotopic (exact) mass is 424 g/mol. The van der Waals surface area contributed by atoms with Crippen LogP contribution in [0.2, 0.25) is 10.0 Å². The van der Waals surface area contributed by atoms with E-state index in [1.165, 1.54) is 6.07 Å². The number of anilines is 1. The average molecular weight is 425 g/mol. The molecule has 8 heteroatoms. The number of nitrogens with one attached hydrogen (secondary N) is 1. The molecule has 3 nitrogen and oxygen atoms in total. The maximum Gasteiger partial charge on any atom is 0.417 e. The lowest BCUT2D eigenvalue weighted by Gasteiger charge is -2.15. The smallest absolute Gasteiger partial charge is 0.322 e. The maximum atomic E-state index is 13.1. The van der Waals surface area contributed by atoms with Crippen molar-refractivity contribution in [1.82, 2.24) is 4.98 Å². The summed E-state index contributed by atoms with van der Waals surface area (Å²) in [5.41, 5.74) is 1.70. The lowest BCUT2D eigenvalue weighted by Crippen LogP contribution is -2.16. The number of rotatable bonds is 2. The number of carbonyl (C=O) groups is 1. The van der Waals surface area contributed by atoms with Gasteiger partial charge >= 0.3 is 6.18 Å². The van der Waals surface area contributed by atoms with Crippen molar-refractivity contribution < 1.29 is 18.0 Å². The molecule has 0 atom stereocenters. The third-order valence-electron chi connectivity index (χ3n) is 4.73. The third-order valence-corrected chi connectivity index (χ3v) is 5.30. The predicted octanol–water partition coefficient (Wildman–Crippen LogP) is 6.30. The van der Waals surface area contributed by atoms with Gasteiger partial charge in [-0.2, -0.15) is 13.2 Å². The van der Waals surface area contributed by atoms with Gasteiger partial charge in [-0.3, -0.25) is 9.78 Å². The first-order valence-electron chi connectivity index (χ1n) is 8.53. The summed E-state index contributed by atoms with van der Waals surface area (Å²) in [6, 6.07) is 8.36. The van der Waals surface area contributed by atoms with Crippen LogP contribution >= 0.6 is 23.2 Å². The first-order valence-corrected chi connectivity index (χ1v) is 9.29. The van der Waals surface area contributed by atoms with Gasteiger partial charge in [0, 0.05) is 21.8 Å². The zero-order valence-electron chi connectivity index (χ0n) is 14.3. The maximum absolute atomic E-state index is 13.1. The standard InChI is InChI=1S/C20H13Cl2F3N2O/c21-10-4-7-17-13(8-10)18(12-2-1-3-16(12)27-17)19(28)26-11-5-6-15(22)14(9-11)20(23,24)25/h4-9H,1-3H2,(H,26,28). The average Bonchev–Trinajstić information content (AvgIpc) is 3.08. The molecule has 0 spiro atoms. The Hall–Kier alpha value is -2.31. The van der Waals surface area contributed by atoms with Crippen molar-refractivity contribution >= 4 is 45.7 Å². The van der Waals surface area contributed by atoms with Gasteiger partial charge < -0.3 is 5.32 Å². The molecule has 0 fully saturated rings. The van der Waals surface area contributed by atoms with E-state index in [0.29, 0.717) is 27.9 Å². The molecule has 144 valence electrons. The second kappa shape index (κ2) is 6.94. The third kappa shape index (κ3) is 3.42. The fraction of sp³-hybridized carbons (Fsp3) is 0.200. The summed E-state index contributed by atoms with van der Waals surface area (Å²) in [6.45, 7) is 0.